The smallest absolute Gasteiger partial charge is 0.332 e. The van der Waals surface area contributed by atoms with Crippen molar-refractivity contribution in [2.24, 2.45) is 18.0 Å². The van der Waals surface area contributed by atoms with Gasteiger partial charge in [0.2, 0.25) is 0 Å². The Morgan fingerprint density at radius 2 is 1.82 bits per heavy atom. The van der Waals surface area contributed by atoms with E-state index in [1.54, 1.807) is 31.3 Å². The number of rotatable bonds is 8. The lowest BCUT2D eigenvalue weighted by Crippen LogP contribution is -2.43. The maximum absolute atomic E-state index is 13.3. The second kappa shape index (κ2) is 10.8. The number of nitrogens with zero attached hydrogens (tertiary/aromatic N) is 3. The summed E-state index contributed by atoms with van der Waals surface area (Å²) in [4.78, 5) is 31.0. The summed E-state index contributed by atoms with van der Waals surface area (Å²) in [6.07, 6.45) is 1.66. The molecule has 178 valence electrons. The van der Waals surface area contributed by atoms with E-state index >= 15 is 0 Å². The lowest BCUT2D eigenvalue weighted by Gasteiger charge is -2.26. The summed E-state index contributed by atoms with van der Waals surface area (Å²) in [5.74, 6) is 1.26. The van der Waals surface area contributed by atoms with Crippen LogP contribution in [-0.2, 0) is 31.2 Å². The Kier molecular flexibility index (Phi) is 7.65. The van der Waals surface area contributed by atoms with Crippen molar-refractivity contribution in [3.8, 4) is 5.75 Å². The van der Waals surface area contributed by atoms with Gasteiger partial charge in [-0.25, -0.2) is 4.79 Å². The van der Waals surface area contributed by atoms with Crippen LogP contribution in [0.3, 0.4) is 0 Å². The standard InChI is InChI=1S/C26H28ClN3O4/c1-3-33-15-7-14-30-25(31)22-17-19(16-18-8-5-4-6-9-18)24(28-23(22)29(2)26(30)32)34-21-12-10-20(27)11-13-21/h4-6,8-13,19H,3,7,14-17H2,1-2H3. The molecule has 2 heterocycles. The molecule has 0 amide bonds. The Labute approximate surface area is 203 Å². The lowest BCUT2D eigenvalue weighted by molar-refractivity contribution is 0.141. The predicted molar refractivity (Wildman–Crippen MR) is 134 cm³/mol. The maximum Gasteiger partial charge on any atom is 0.332 e. The quantitative estimate of drug-likeness (QED) is 0.453. The van der Waals surface area contributed by atoms with Crippen LogP contribution in [0.25, 0.3) is 0 Å². The van der Waals surface area contributed by atoms with E-state index in [1.807, 2.05) is 37.3 Å². The first-order valence-electron chi connectivity index (χ1n) is 11.4. The third-order valence-corrected chi connectivity index (χ3v) is 6.11. The van der Waals surface area contributed by atoms with E-state index in [0.717, 1.165) is 5.56 Å². The zero-order valence-corrected chi connectivity index (χ0v) is 20.1. The van der Waals surface area contributed by atoms with Crippen molar-refractivity contribution >= 4 is 23.3 Å². The van der Waals surface area contributed by atoms with Gasteiger partial charge in [-0.2, -0.15) is 4.99 Å². The highest BCUT2D eigenvalue weighted by molar-refractivity contribution is 6.30. The molecule has 1 aromatic heterocycles. The van der Waals surface area contributed by atoms with Crippen molar-refractivity contribution in [2.75, 3.05) is 13.2 Å². The molecule has 1 unspecified atom stereocenters. The molecule has 2 aromatic carbocycles. The van der Waals surface area contributed by atoms with Crippen LogP contribution in [-0.4, -0.2) is 28.2 Å². The van der Waals surface area contributed by atoms with Gasteiger partial charge in [0.15, 0.2) is 5.90 Å². The van der Waals surface area contributed by atoms with Crippen LogP contribution >= 0.6 is 11.6 Å². The van der Waals surface area contributed by atoms with E-state index in [2.05, 4.69) is 0 Å². The van der Waals surface area contributed by atoms with Crippen molar-refractivity contribution in [1.29, 1.82) is 0 Å². The number of benzene rings is 2. The SMILES string of the molecule is CCOCCCn1c(=O)c2c(n(C)c1=O)N=C(Oc1ccc(Cl)cc1)C(Cc1ccccc1)C2. The molecular weight excluding hydrogens is 454 g/mol. The zero-order chi connectivity index (χ0) is 24.1. The molecule has 1 atom stereocenters. The van der Waals surface area contributed by atoms with Crippen molar-refractivity contribution in [2.45, 2.75) is 32.7 Å². The van der Waals surface area contributed by atoms with Crippen LogP contribution in [0.2, 0.25) is 5.02 Å². The van der Waals surface area contributed by atoms with Gasteiger partial charge in [-0.05, 0) is 56.0 Å². The highest BCUT2D eigenvalue weighted by atomic mass is 35.5. The Morgan fingerprint density at radius 3 is 2.53 bits per heavy atom. The van der Waals surface area contributed by atoms with Gasteiger partial charge in [0.05, 0.1) is 5.56 Å². The van der Waals surface area contributed by atoms with Gasteiger partial charge >= 0.3 is 5.69 Å². The van der Waals surface area contributed by atoms with Crippen molar-refractivity contribution in [3.05, 3.63) is 91.6 Å². The van der Waals surface area contributed by atoms with E-state index in [-0.39, 0.29) is 11.5 Å². The average Bonchev–Trinajstić information content (AvgIpc) is 2.85. The Bertz CT molecular complexity index is 1280. The first kappa shape index (κ1) is 24.0. The summed E-state index contributed by atoms with van der Waals surface area (Å²) < 4.78 is 14.2. The largest absolute Gasteiger partial charge is 0.443 e. The number of hydrogen-bond donors (Lipinski definition) is 0. The van der Waals surface area contributed by atoms with Gasteiger partial charge < -0.3 is 9.47 Å². The molecule has 7 nitrogen and oxygen atoms in total. The van der Waals surface area contributed by atoms with Crippen molar-refractivity contribution in [3.63, 3.8) is 0 Å². The van der Waals surface area contributed by atoms with Gasteiger partial charge in [-0.3, -0.25) is 13.9 Å². The second-order valence-electron chi connectivity index (χ2n) is 8.25. The summed E-state index contributed by atoms with van der Waals surface area (Å²) in [5.41, 5.74) is 0.964. The van der Waals surface area contributed by atoms with Crippen LogP contribution in [0.15, 0.2) is 69.2 Å². The number of hydrogen-bond acceptors (Lipinski definition) is 5. The predicted octanol–water partition coefficient (Wildman–Crippen LogP) is 4.15. The molecule has 1 aliphatic rings. The highest BCUT2D eigenvalue weighted by Gasteiger charge is 2.30. The first-order chi connectivity index (χ1) is 16.5. The Morgan fingerprint density at radius 1 is 1.09 bits per heavy atom. The number of aliphatic imine (C=N–C) groups is 1. The fraction of sp³-hybridized carbons (Fsp3) is 0.346. The maximum atomic E-state index is 13.3. The van der Waals surface area contributed by atoms with Crippen molar-refractivity contribution in [1.82, 2.24) is 9.13 Å². The van der Waals surface area contributed by atoms with Crippen LogP contribution in [0.5, 0.6) is 5.75 Å². The van der Waals surface area contributed by atoms with Crippen LogP contribution < -0.4 is 16.0 Å². The van der Waals surface area contributed by atoms with Gasteiger partial charge in [0.1, 0.15) is 11.6 Å². The highest BCUT2D eigenvalue weighted by Crippen LogP contribution is 2.29. The molecule has 0 saturated carbocycles. The summed E-state index contributed by atoms with van der Waals surface area (Å²) in [7, 11) is 1.64. The molecule has 0 aliphatic carbocycles. The Hall–Kier alpha value is -3.16. The van der Waals surface area contributed by atoms with E-state index in [4.69, 9.17) is 26.1 Å². The minimum absolute atomic E-state index is 0.160. The molecule has 0 bridgehead atoms. The fourth-order valence-electron chi connectivity index (χ4n) is 4.12. The minimum atomic E-state index is -0.392. The summed E-state index contributed by atoms with van der Waals surface area (Å²) in [6.45, 7) is 3.32. The van der Waals surface area contributed by atoms with Crippen LogP contribution in [0.1, 0.15) is 24.5 Å². The molecule has 8 heteroatoms. The van der Waals surface area contributed by atoms with Gasteiger partial charge in [-0.15, -0.1) is 0 Å². The topological polar surface area (TPSA) is 74.8 Å². The summed E-state index contributed by atoms with van der Waals surface area (Å²) in [5, 5.41) is 0.608. The average molecular weight is 482 g/mol. The van der Waals surface area contributed by atoms with Gasteiger partial charge in [0, 0.05) is 37.7 Å². The van der Waals surface area contributed by atoms with Gasteiger partial charge in [-0.1, -0.05) is 41.9 Å². The monoisotopic (exact) mass is 481 g/mol. The number of fused-ring (bicyclic) bond motifs is 1. The lowest BCUT2D eigenvalue weighted by atomic mass is 9.91. The Balaban J connectivity index is 1.73. The summed E-state index contributed by atoms with van der Waals surface area (Å²) in [6, 6.07) is 17.1. The van der Waals surface area contributed by atoms with E-state index in [0.29, 0.717) is 67.1 Å². The molecule has 0 fully saturated rings. The molecule has 0 N–H and O–H groups in total. The zero-order valence-electron chi connectivity index (χ0n) is 19.4. The number of ether oxygens (including phenoxy) is 2. The number of halogens is 1. The normalized spacial score (nSPS) is 15.0. The first-order valence-corrected chi connectivity index (χ1v) is 11.8. The molecule has 0 saturated heterocycles. The molecule has 34 heavy (non-hydrogen) atoms. The summed E-state index contributed by atoms with van der Waals surface area (Å²) >= 11 is 6.01. The molecule has 1 aliphatic heterocycles. The van der Waals surface area contributed by atoms with E-state index < -0.39 is 5.69 Å². The van der Waals surface area contributed by atoms with Gasteiger partial charge in [0.25, 0.3) is 5.56 Å². The molecule has 3 aromatic rings. The van der Waals surface area contributed by atoms with Crippen LogP contribution in [0.4, 0.5) is 5.82 Å². The minimum Gasteiger partial charge on any atom is -0.443 e. The van der Waals surface area contributed by atoms with Crippen LogP contribution in [0, 0.1) is 5.92 Å². The second-order valence-corrected chi connectivity index (χ2v) is 8.68. The van der Waals surface area contributed by atoms with Crippen molar-refractivity contribution < 1.29 is 9.47 Å². The number of aromatic nitrogens is 2. The molecule has 4 rings (SSSR count). The molecule has 0 radical (unpaired) electrons. The molecule has 0 spiro atoms. The van der Waals surface area contributed by atoms with E-state index in [1.165, 1.54) is 9.13 Å². The third-order valence-electron chi connectivity index (χ3n) is 5.86. The third kappa shape index (κ3) is 5.32. The fourth-order valence-corrected chi connectivity index (χ4v) is 4.25. The van der Waals surface area contributed by atoms with E-state index in [9.17, 15) is 9.59 Å². The molecular formula is C26H28ClN3O4.